The maximum absolute atomic E-state index is 13.4. The van der Waals surface area contributed by atoms with E-state index in [0.29, 0.717) is 29.0 Å². The third kappa shape index (κ3) is 3.31. The van der Waals surface area contributed by atoms with E-state index in [1.807, 2.05) is 0 Å². The van der Waals surface area contributed by atoms with E-state index in [0.717, 1.165) is 12.8 Å². The Labute approximate surface area is 149 Å². The first-order valence-electron chi connectivity index (χ1n) is 8.68. The molecule has 1 aromatic heterocycles. The largest absolute Gasteiger partial charge is 0.423 e. The number of hydrogen-bond acceptors (Lipinski definition) is 5. The molecule has 4 rings (SSSR count). The number of halogens is 1. The minimum atomic E-state index is -0.460. The average Bonchev–Trinajstić information content (AvgIpc) is 3.24. The molecule has 1 saturated heterocycles. The first-order chi connectivity index (χ1) is 12.5. The van der Waals surface area contributed by atoms with E-state index < -0.39 is 5.92 Å². The van der Waals surface area contributed by atoms with Crippen LogP contribution in [-0.4, -0.2) is 28.6 Å². The summed E-state index contributed by atoms with van der Waals surface area (Å²) in [5, 5.41) is 10.7. The van der Waals surface area contributed by atoms with E-state index in [-0.39, 0.29) is 37.1 Å². The molecule has 1 aliphatic carbocycles. The van der Waals surface area contributed by atoms with Gasteiger partial charge < -0.3 is 14.6 Å². The predicted octanol–water partition coefficient (Wildman–Crippen LogP) is 2.06. The van der Waals surface area contributed by atoms with Crippen molar-refractivity contribution in [1.29, 1.82) is 0 Å². The summed E-state index contributed by atoms with van der Waals surface area (Å²) in [5.74, 6) is 0.209. The number of nitrogens with one attached hydrogen (secondary N) is 1. The van der Waals surface area contributed by atoms with E-state index in [9.17, 15) is 14.0 Å². The number of benzene rings is 1. The molecule has 1 aromatic carbocycles. The SMILES string of the molecule is Cc1cc(N2CC(C(=O)NCc3nnc(C4CC4)o3)CC2=O)ccc1F. The third-order valence-corrected chi connectivity index (χ3v) is 4.77. The van der Waals surface area contributed by atoms with Gasteiger partial charge in [0.2, 0.25) is 23.6 Å². The molecule has 8 heteroatoms. The minimum Gasteiger partial charge on any atom is -0.423 e. The van der Waals surface area contributed by atoms with Crippen LogP contribution in [0, 0.1) is 18.7 Å². The van der Waals surface area contributed by atoms with Crippen molar-refractivity contribution in [3.05, 3.63) is 41.4 Å². The molecule has 136 valence electrons. The molecule has 2 aromatic rings. The van der Waals surface area contributed by atoms with Gasteiger partial charge in [0.1, 0.15) is 5.82 Å². The molecule has 0 spiro atoms. The van der Waals surface area contributed by atoms with Crippen molar-refractivity contribution in [3.8, 4) is 0 Å². The Morgan fingerprint density at radius 3 is 2.92 bits per heavy atom. The molecule has 2 aliphatic rings. The smallest absolute Gasteiger partial charge is 0.235 e. The molecule has 7 nitrogen and oxygen atoms in total. The van der Waals surface area contributed by atoms with Crippen LogP contribution in [0.25, 0.3) is 0 Å². The van der Waals surface area contributed by atoms with Crippen molar-refractivity contribution in [2.24, 2.45) is 5.92 Å². The lowest BCUT2D eigenvalue weighted by Gasteiger charge is -2.17. The number of aryl methyl sites for hydroxylation is 1. The number of aromatic nitrogens is 2. The van der Waals surface area contributed by atoms with Crippen LogP contribution in [0.3, 0.4) is 0 Å². The van der Waals surface area contributed by atoms with Gasteiger partial charge in [-0.3, -0.25) is 9.59 Å². The highest BCUT2D eigenvalue weighted by Crippen LogP contribution is 2.39. The van der Waals surface area contributed by atoms with Gasteiger partial charge in [-0.25, -0.2) is 4.39 Å². The first-order valence-corrected chi connectivity index (χ1v) is 8.68. The van der Waals surface area contributed by atoms with Crippen LogP contribution in [0.5, 0.6) is 0 Å². The van der Waals surface area contributed by atoms with Gasteiger partial charge in [-0.05, 0) is 43.5 Å². The molecule has 2 heterocycles. The summed E-state index contributed by atoms with van der Waals surface area (Å²) in [6.45, 7) is 2.07. The van der Waals surface area contributed by atoms with Crippen molar-refractivity contribution in [1.82, 2.24) is 15.5 Å². The first kappa shape index (κ1) is 16.7. The van der Waals surface area contributed by atoms with Crippen LogP contribution in [0.2, 0.25) is 0 Å². The molecular weight excluding hydrogens is 339 g/mol. The zero-order valence-electron chi connectivity index (χ0n) is 14.4. The molecular formula is C18H19FN4O3. The molecule has 1 aliphatic heterocycles. The number of amides is 2. The van der Waals surface area contributed by atoms with Crippen molar-refractivity contribution < 1.29 is 18.4 Å². The van der Waals surface area contributed by atoms with Crippen LogP contribution in [0.15, 0.2) is 22.6 Å². The Morgan fingerprint density at radius 2 is 2.19 bits per heavy atom. The van der Waals surface area contributed by atoms with Gasteiger partial charge >= 0.3 is 0 Å². The lowest BCUT2D eigenvalue weighted by molar-refractivity contribution is -0.126. The molecule has 1 N–H and O–H groups in total. The molecule has 2 amide bonds. The summed E-state index contributed by atoms with van der Waals surface area (Å²) in [7, 11) is 0. The number of carbonyl (C=O) groups excluding carboxylic acids is 2. The Kier molecular flexibility index (Phi) is 4.18. The molecule has 0 radical (unpaired) electrons. The summed E-state index contributed by atoms with van der Waals surface area (Å²) in [5.41, 5.74) is 1.07. The number of hydrogen-bond donors (Lipinski definition) is 1. The third-order valence-electron chi connectivity index (χ3n) is 4.77. The zero-order chi connectivity index (χ0) is 18.3. The Balaban J connectivity index is 1.36. The Morgan fingerprint density at radius 1 is 1.38 bits per heavy atom. The van der Waals surface area contributed by atoms with Crippen LogP contribution >= 0.6 is 0 Å². The van der Waals surface area contributed by atoms with Gasteiger partial charge in [0, 0.05) is 24.6 Å². The predicted molar refractivity (Wildman–Crippen MR) is 89.7 cm³/mol. The van der Waals surface area contributed by atoms with Crippen molar-refractivity contribution in [2.75, 3.05) is 11.4 Å². The van der Waals surface area contributed by atoms with Crippen molar-refractivity contribution in [3.63, 3.8) is 0 Å². The molecule has 1 unspecified atom stereocenters. The van der Waals surface area contributed by atoms with Gasteiger partial charge in [-0.1, -0.05) is 0 Å². The van der Waals surface area contributed by atoms with Crippen LogP contribution in [0.1, 0.15) is 42.5 Å². The summed E-state index contributed by atoms with van der Waals surface area (Å²) in [4.78, 5) is 26.2. The van der Waals surface area contributed by atoms with E-state index in [2.05, 4.69) is 15.5 Å². The quantitative estimate of drug-likeness (QED) is 0.884. The summed E-state index contributed by atoms with van der Waals surface area (Å²) in [6.07, 6.45) is 2.26. The van der Waals surface area contributed by atoms with E-state index in [1.54, 1.807) is 19.1 Å². The zero-order valence-corrected chi connectivity index (χ0v) is 14.4. The maximum Gasteiger partial charge on any atom is 0.235 e. The fourth-order valence-corrected chi connectivity index (χ4v) is 3.07. The Hall–Kier alpha value is -2.77. The highest BCUT2D eigenvalue weighted by atomic mass is 19.1. The van der Waals surface area contributed by atoms with Crippen molar-refractivity contribution >= 4 is 17.5 Å². The maximum atomic E-state index is 13.4. The van der Waals surface area contributed by atoms with Gasteiger partial charge in [0.15, 0.2) is 0 Å². The van der Waals surface area contributed by atoms with Gasteiger partial charge in [-0.15, -0.1) is 10.2 Å². The molecule has 2 fully saturated rings. The van der Waals surface area contributed by atoms with Crippen LogP contribution in [0.4, 0.5) is 10.1 Å². The average molecular weight is 358 g/mol. The molecule has 1 saturated carbocycles. The van der Waals surface area contributed by atoms with Crippen LogP contribution < -0.4 is 10.2 Å². The topological polar surface area (TPSA) is 88.3 Å². The monoisotopic (exact) mass is 358 g/mol. The van der Waals surface area contributed by atoms with Gasteiger partial charge in [0.25, 0.3) is 0 Å². The molecule has 0 bridgehead atoms. The van der Waals surface area contributed by atoms with Crippen molar-refractivity contribution in [2.45, 2.75) is 38.6 Å². The fraction of sp³-hybridized carbons (Fsp3) is 0.444. The number of anilines is 1. The van der Waals surface area contributed by atoms with Gasteiger partial charge in [-0.2, -0.15) is 0 Å². The summed E-state index contributed by atoms with van der Waals surface area (Å²) in [6, 6.07) is 4.50. The number of nitrogens with zero attached hydrogens (tertiary/aromatic N) is 3. The number of carbonyl (C=O) groups is 2. The van der Waals surface area contributed by atoms with E-state index >= 15 is 0 Å². The van der Waals surface area contributed by atoms with Crippen LogP contribution in [-0.2, 0) is 16.1 Å². The lowest BCUT2D eigenvalue weighted by atomic mass is 10.1. The minimum absolute atomic E-state index is 0.124. The molecule has 26 heavy (non-hydrogen) atoms. The standard InChI is InChI=1S/C18H19FN4O3/c1-10-6-13(4-5-14(10)19)23-9-12(7-16(23)24)17(25)20-8-15-21-22-18(26-15)11-2-3-11/h4-6,11-12H,2-3,7-9H2,1H3,(H,20,25). The summed E-state index contributed by atoms with van der Waals surface area (Å²) >= 11 is 0. The molecule has 1 atom stereocenters. The highest BCUT2D eigenvalue weighted by Gasteiger charge is 2.35. The second-order valence-electron chi connectivity index (χ2n) is 6.86. The second kappa shape index (κ2) is 6.51. The summed E-state index contributed by atoms with van der Waals surface area (Å²) < 4.78 is 18.9. The van der Waals surface area contributed by atoms with E-state index in [4.69, 9.17) is 4.42 Å². The fourth-order valence-electron chi connectivity index (χ4n) is 3.07. The normalized spacial score (nSPS) is 19.8. The van der Waals surface area contributed by atoms with Gasteiger partial charge in [0.05, 0.1) is 12.5 Å². The highest BCUT2D eigenvalue weighted by molar-refractivity contribution is 6.00. The lowest BCUT2D eigenvalue weighted by Crippen LogP contribution is -2.32. The Bertz CT molecular complexity index is 862. The second-order valence-corrected chi connectivity index (χ2v) is 6.86. The van der Waals surface area contributed by atoms with E-state index in [1.165, 1.54) is 11.0 Å². The number of rotatable bonds is 5.